The van der Waals surface area contributed by atoms with Gasteiger partial charge in [0, 0.05) is 42.8 Å². The van der Waals surface area contributed by atoms with Gasteiger partial charge in [0.25, 0.3) is 0 Å². The number of rotatable bonds is 5. The Morgan fingerprint density at radius 3 is 2.25 bits per heavy atom. The Hall–Kier alpha value is -3.29. The van der Waals surface area contributed by atoms with Gasteiger partial charge < -0.3 is 10.2 Å². The molecule has 10 heteroatoms. The molecule has 1 aliphatic rings. The maximum atomic E-state index is 13.5. The third-order valence-electron chi connectivity index (χ3n) is 4.79. The van der Waals surface area contributed by atoms with Crippen LogP contribution in [-0.2, 0) is 6.18 Å². The number of alkyl halides is 3. The van der Waals surface area contributed by atoms with Crippen LogP contribution in [0.2, 0.25) is 0 Å². The van der Waals surface area contributed by atoms with Crippen LogP contribution in [0.1, 0.15) is 11.3 Å². The molecule has 164 valence electrons. The molecule has 1 saturated heterocycles. The van der Waals surface area contributed by atoms with Crippen LogP contribution in [-0.4, -0.2) is 40.5 Å². The number of aromatic nitrogens is 2. The summed E-state index contributed by atoms with van der Waals surface area (Å²) >= 11 is 1.63. The second kappa shape index (κ2) is 9.46. The number of hydrogen-bond donors (Lipinski definition) is 1. The quantitative estimate of drug-likeness (QED) is 0.546. The van der Waals surface area contributed by atoms with Crippen LogP contribution in [0.4, 0.5) is 30.6 Å². The lowest BCUT2D eigenvalue weighted by Crippen LogP contribution is -2.44. The van der Waals surface area contributed by atoms with E-state index in [-0.39, 0.29) is 11.8 Å². The molecule has 1 N–H and O–H groups in total. The standard InChI is InChI=1S/C22H19F3N6S/c23-22(24,25)19-14-20(27-17-8-6-16(15-26)7-9-17)29-21(28-19)30-10-12-31(13-11-30)32-18-4-2-1-3-5-18/h1-9,14H,10-13H2,(H,27,28,29). The largest absolute Gasteiger partial charge is 0.433 e. The van der Waals surface area contributed by atoms with E-state index >= 15 is 0 Å². The molecule has 32 heavy (non-hydrogen) atoms. The highest BCUT2D eigenvalue weighted by Gasteiger charge is 2.34. The Kier molecular flexibility index (Phi) is 6.48. The van der Waals surface area contributed by atoms with E-state index in [1.54, 1.807) is 41.1 Å². The van der Waals surface area contributed by atoms with Crippen LogP contribution in [0.25, 0.3) is 0 Å². The zero-order chi connectivity index (χ0) is 22.6. The summed E-state index contributed by atoms with van der Waals surface area (Å²) in [6.07, 6.45) is -4.59. The topological polar surface area (TPSA) is 68.1 Å². The number of halogens is 3. The molecule has 3 aromatic rings. The summed E-state index contributed by atoms with van der Waals surface area (Å²) in [4.78, 5) is 11.0. The fraction of sp³-hybridized carbons (Fsp3) is 0.227. The first-order valence-electron chi connectivity index (χ1n) is 9.87. The van der Waals surface area contributed by atoms with Crippen LogP contribution in [0.15, 0.2) is 65.6 Å². The Morgan fingerprint density at radius 2 is 1.62 bits per heavy atom. The maximum absolute atomic E-state index is 13.5. The van der Waals surface area contributed by atoms with Crippen LogP contribution in [0, 0.1) is 11.3 Å². The summed E-state index contributed by atoms with van der Waals surface area (Å²) in [5.74, 6) is 0.0912. The van der Waals surface area contributed by atoms with Gasteiger partial charge in [0.2, 0.25) is 5.95 Å². The lowest BCUT2D eigenvalue weighted by atomic mass is 10.2. The van der Waals surface area contributed by atoms with Gasteiger partial charge in [0.1, 0.15) is 5.82 Å². The molecule has 0 atom stereocenters. The smallest absolute Gasteiger partial charge is 0.340 e. The number of nitrogens with one attached hydrogen (secondary N) is 1. The first kappa shape index (κ1) is 21.9. The lowest BCUT2D eigenvalue weighted by molar-refractivity contribution is -0.141. The molecule has 0 saturated carbocycles. The van der Waals surface area contributed by atoms with E-state index < -0.39 is 11.9 Å². The van der Waals surface area contributed by atoms with Gasteiger partial charge in [0.05, 0.1) is 11.6 Å². The molecule has 0 amide bonds. The first-order chi connectivity index (χ1) is 15.4. The van der Waals surface area contributed by atoms with E-state index in [0.717, 1.165) is 11.0 Å². The molecule has 0 spiro atoms. The molecule has 4 rings (SSSR count). The molecule has 2 aromatic carbocycles. The summed E-state index contributed by atoms with van der Waals surface area (Å²) in [6.45, 7) is 2.35. The van der Waals surface area contributed by atoms with Gasteiger partial charge >= 0.3 is 6.18 Å². The van der Waals surface area contributed by atoms with Crippen LogP contribution in [0.5, 0.6) is 0 Å². The highest BCUT2D eigenvalue weighted by molar-refractivity contribution is 7.97. The molecule has 0 unspecified atom stereocenters. The van der Waals surface area contributed by atoms with Crippen molar-refractivity contribution < 1.29 is 13.2 Å². The minimum absolute atomic E-state index is 0.0420. The van der Waals surface area contributed by atoms with E-state index in [9.17, 15) is 13.2 Å². The van der Waals surface area contributed by atoms with Crippen LogP contribution in [0.3, 0.4) is 0 Å². The van der Waals surface area contributed by atoms with Crippen molar-refractivity contribution in [2.75, 3.05) is 36.4 Å². The van der Waals surface area contributed by atoms with Crippen LogP contribution >= 0.6 is 11.9 Å². The fourth-order valence-corrected chi connectivity index (χ4v) is 4.09. The number of nitriles is 1. The van der Waals surface area contributed by atoms with E-state index in [4.69, 9.17) is 5.26 Å². The second-order valence-electron chi connectivity index (χ2n) is 7.07. The van der Waals surface area contributed by atoms with E-state index in [2.05, 4.69) is 19.6 Å². The molecule has 1 aromatic heterocycles. The van der Waals surface area contributed by atoms with Crippen molar-refractivity contribution >= 4 is 29.4 Å². The molecule has 0 bridgehead atoms. The van der Waals surface area contributed by atoms with Gasteiger partial charge in [-0.1, -0.05) is 18.2 Å². The molecule has 6 nitrogen and oxygen atoms in total. The minimum atomic E-state index is -4.59. The third-order valence-corrected chi connectivity index (χ3v) is 5.90. The van der Waals surface area contributed by atoms with Crippen molar-refractivity contribution in [3.8, 4) is 6.07 Å². The van der Waals surface area contributed by atoms with Crippen molar-refractivity contribution in [3.05, 3.63) is 71.9 Å². The summed E-state index contributed by atoms with van der Waals surface area (Å²) in [5, 5.41) is 11.8. The van der Waals surface area contributed by atoms with Crippen molar-refractivity contribution in [2.45, 2.75) is 11.1 Å². The summed E-state index contributed by atoms with van der Waals surface area (Å²) in [7, 11) is 0. The van der Waals surface area contributed by atoms with Crippen molar-refractivity contribution in [2.24, 2.45) is 0 Å². The van der Waals surface area contributed by atoms with Gasteiger partial charge in [-0.05, 0) is 48.3 Å². The Labute approximate surface area is 187 Å². The minimum Gasteiger partial charge on any atom is -0.340 e. The molecule has 0 aliphatic carbocycles. The van der Waals surface area contributed by atoms with Crippen LogP contribution < -0.4 is 10.2 Å². The fourth-order valence-electron chi connectivity index (χ4n) is 3.17. The summed E-state index contributed by atoms with van der Waals surface area (Å²) < 4.78 is 42.6. The SMILES string of the molecule is N#Cc1ccc(Nc2cc(C(F)(F)F)nc(N3CCN(Sc4ccccc4)CC3)n2)cc1. The van der Waals surface area contributed by atoms with Crippen molar-refractivity contribution in [1.82, 2.24) is 14.3 Å². The number of piperazine rings is 1. The van der Waals surface area contributed by atoms with Crippen molar-refractivity contribution in [3.63, 3.8) is 0 Å². The zero-order valence-electron chi connectivity index (χ0n) is 16.9. The summed E-state index contributed by atoms with van der Waals surface area (Å²) in [5.41, 5.74) is -0.00765. The average molecular weight is 456 g/mol. The number of nitrogens with zero attached hydrogens (tertiary/aromatic N) is 5. The lowest BCUT2D eigenvalue weighted by Gasteiger charge is -2.34. The third kappa shape index (κ3) is 5.49. The molecule has 0 radical (unpaired) electrons. The molecule has 1 aliphatic heterocycles. The van der Waals surface area contributed by atoms with E-state index in [1.807, 2.05) is 36.4 Å². The highest BCUT2D eigenvalue weighted by atomic mass is 32.2. The molecular weight excluding hydrogens is 437 g/mol. The highest BCUT2D eigenvalue weighted by Crippen LogP contribution is 2.32. The molecular formula is C22H19F3N6S. The monoisotopic (exact) mass is 456 g/mol. The van der Waals surface area contributed by atoms with E-state index in [1.165, 1.54) is 0 Å². The first-order valence-corrected chi connectivity index (χ1v) is 10.6. The van der Waals surface area contributed by atoms with Gasteiger partial charge in [-0.3, -0.25) is 0 Å². The maximum Gasteiger partial charge on any atom is 0.433 e. The van der Waals surface area contributed by atoms with Gasteiger partial charge in [-0.2, -0.15) is 23.4 Å². The Balaban J connectivity index is 1.50. The predicted octanol–water partition coefficient (Wildman–Crippen LogP) is 4.94. The summed E-state index contributed by atoms with van der Waals surface area (Å²) in [6, 6.07) is 19.2. The molecule has 2 heterocycles. The number of hydrogen-bond acceptors (Lipinski definition) is 7. The van der Waals surface area contributed by atoms with E-state index in [0.29, 0.717) is 37.4 Å². The average Bonchev–Trinajstić information content (AvgIpc) is 2.80. The van der Waals surface area contributed by atoms with Gasteiger partial charge in [-0.15, -0.1) is 0 Å². The molecule has 1 fully saturated rings. The normalized spacial score (nSPS) is 14.8. The number of benzene rings is 2. The van der Waals surface area contributed by atoms with Crippen molar-refractivity contribution in [1.29, 1.82) is 5.26 Å². The zero-order valence-corrected chi connectivity index (χ0v) is 17.7. The van der Waals surface area contributed by atoms with Gasteiger partial charge in [-0.25, -0.2) is 9.29 Å². The Bertz CT molecular complexity index is 1090. The Morgan fingerprint density at radius 1 is 0.938 bits per heavy atom. The number of anilines is 3. The second-order valence-corrected chi connectivity index (χ2v) is 8.24. The predicted molar refractivity (Wildman–Crippen MR) is 118 cm³/mol. The van der Waals surface area contributed by atoms with Gasteiger partial charge in [0.15, 0.2) is 5.69 Å².